The Morgan fingerprint density at radius 1 is 0.862 bits per heavy atom. The van der Waals surface area contributed by atoms with E-state index < -0.39 is 11.8 Å². The molecule has 0 aliphatic carbocycles. The lowest BCUT2D eigenvalue weighted by molar-refractivity contribution is -0.119. The van der Waals surface area contributed by atoms with Gasteiger partial charge in [0.1, 0.15) is 6.54 Å². The minimum absolute atomic E-state index is 0.329. The minimum Gasteiger partial charge on any atom is -0.355 e. The molecule has 0 atom stereocenters. The van der Waals surface area contributed by atoms with Crippen molar-refractivity contribution in [2.45, 2.75) is 0 Å². The number of para-hydroxylation sites is 2. The Hall–Kier alpha value is -3.81. The average molecular weight is 387 g/mol. The molecule has 2 aromatic carbocycles. The van der Waals surface area contributed by atoms with Gasteiger partial charge in [0.2, 0.25) is 5.91 Å². The maximum atomic E-state index is 13.1. The van der Waals surface area contributed by atoms with Crippen LogP contribution in [0.25, 0.3) is 11.0 Å². The Bertz CT molecular complexity index is 1160. The Labute approximate surface area is 166 Å². The fourth-order valence-corrected chi connectivity index (χ4v) is 3.73. The normalized spacial score (nSPS) is 15.7. The molecular weight excluding hydrogens is 370 g/mol. The molecule has 0 N–H and O–H groups in total. The van der Waals surface area contributed by atoms with Crippen molar-refractivity contribution < 1.29 is 14.4 Å². The molecule has 0 fully saturated rings. The van der Waals surface area contributed by atoms with Crippen LogP contribution in [0, 0.1) is 0 Å². The maximum Gasteiger partial charge on any atom is 0.262 e. The molecule has 8 nitrogen and oxygen atoms in total. The van der Waals surface area contributed by atoms with E-state index in [9.17, 15) is 14.4 Å². The van der Waals surface area contributed by atoms with Crippen LogP contribution in [-0.4, -0.2) is 59.3 Å². The summed E-state index contributed by atoms with van der Waals surface area (Å²) >= 11 is 0. The van der Waals surface area contributed by atoms with E-state index in [4.69, 9.17) is 0 Å². The van der Waals surface area contributed by atoms with E-state index >= 15 is 0 Å². The van der Waals surface area contributed by atoms with Crippen molar-refractivity contribution in [3.05, 3.63) is 59.7 Å². The fraction of sp³-hybridized carbons (Fsp3) is 0.190. The van der Waals surface area contributed by atoms with Crippen molar-refractivity contribution in [1.82, 2.24) is 14.9 Å². The molecule has 0 unspecified atom stereocenters. The molecule has 144 valence electrons. The topological polar surface area (TPSA) is 86.7 Å². The smallest absolute Gasteiger partial charge is 0.262 e. The van der Waals surface area contributed by atoms with Crippen LogP contribution in [0.15, 0.2) is 48.5 Å². The number of imide groups is 1. The average Bonchev–Trinajstić information content (AvgIpc) is 2.98. The molecule has 0 radical (unpaired) electrons. The van der Waals surface area contributed by atoms with Crippen LogP contribution in [0.5, 0.6) is 0 Å². The molecule has 0 saturated heterocycles. The van der Waals surface area contributed by atoms with Crippen LogP contribution in [0.2, 0.25) is 0 Å². The van der Waals surface area contributed by atoms with Gasteiger partial charge in [0, 0.05) is 20.1 Å². The van der Waals surface area contributed by atoms with Crippen LogP contribution in [0.1, 0.15) is 20.7 Å². The first-order chi connectivity index (χ1) is 14.0. The second-order valence-corrected chi connectivity index (χ2v) is 7.07. The number of fused-ring (bicyclic) bond motifs is 3. The number of benzene rings is 2. The SMILES string of the molecule is CN1CCN(C(=O)CN2C(=O)c3ccccc3C2=O)c2nc3ccccc3nc21. The highest BCUT2D eigenvalue weighted by atomic mass is 16.2. The summed E-state index contributed by atoms with van der Waals surface area (Å²) in [5, 5.41) is 0. The predicted octanol–water partition coefficient (Wildman–Crippen LogP) is 1.71. The van der Waals surface area contributed by atoms with Crippen molar-refractivity contribution in [2.24, 2.45) is 0 Å². The Balaban J connectivity index is 1.47. The van der Waals surface area contributed by atoms with Gasteiger partial charge in [-0.05, 0) is 24.3 Å². The molecule has 3 heterocycles. The van der Waals surface area contributed by atoms with Gasteiger partial charge in [-0.25, -0.2) is 9.97 Å². The highest BCUT2D eigenvalue weighted by molar-refractivity contribution is 6.22. The molecule has 3 aromatic rings. The van der Waals surface area contributed by atoms with Gasteiger partial charge in [0.15, 0.2) is 11.6 Å². The second-order valence-electron chi connectivity index (χ2n) is 7.07. The summed E-state index contributed by atoms with van der Waals surface area (Å²) in [5.74, 6) is -0.209. The molecule has 0 saturated carbocycles. The third-order valence-corrected chi connectivity index (χ3v) is 5.28. The number of amides is 3. The first-order valence-corrected chi connectivity index (χ1v) is 9.28. The van der Waals surface area contributed by atoms with E-state index in [1.807, 2.05) is 36.2 Å². The molecule has 3 amide bonds. The summed E-state index contributed by atoms with van der Waals surface area (Å²) < 4.78 is 0. The number of likely N-dealkylation sites (N-methyl/N-ethyl adjacent to an activating group) is 1. The van der Waals surface area contributed by atoms with Crippen LogP contribution < -0.4 is 9.80 Å². The van der Waals surface area contributed by atoms with Crippen LogP contribution in [0.4, 0.5) is 11.6 Å². The summed E-state index contributed by atoms with van der Waals surface area (Å²) in [5.41, 5.74) is 2.08. The third-order valence-electron chi connectivity index (χ3n) is 5.28. The summed E-state index contributed by atoms with van der Waals surface area (Å²) in [4.78, 5) is 52.0. The van der Waals surface area contributed by atoms with Crippen LogP contribution in [0.3, 0.4) is 0 Å². The van der Waals surface area contributed by atoms with E-state index in [0.717, 1.165) is 10.4 Å². The van der Waals surface area contributed by atoms with Crippen molar-refractivity contribution in [3.63, 3.8) is 0 Å². The molecule has 2 aliphatic heterocycles. The number of hydrogen-bond donors (Lipinski definition) is 0. The van der Waals surface area contributed by atoms with Crippen molar-refractivity contribution in [3.8, 4) is 0 Å². The number of anilines is 2. The van der Waals surface area contributed by atoms with Crippen LogP contribution >= 0.6 is 0 Å². The third kappa shape index (κ3) is 2.64. The zero-order chi connectivity index (χ0) is 20.1. The maximum absolute atomic E-state index is 13.1. The minimum atomic E-state index is -0.446. The van der Waals surface area contributed by atoms with Gasteiger partial charge in [-0.15, -0.1) is 0 Å². The number of hydrogen-bond acceptors (Lipinski definition) is 6. The Morgan fingerprint density at radius 2 is 1.41 bits per heavy atom. The summed E-state index contributed by atoms with van der Waals surface area (Å²) in [7, 11) is 1.90. The van der Waals surface area contributed by atoms with Crippen molar-refractivity contribution in [2.75, 3.05) is 36.5 Å². The second kappa shape index (κ2) is 6.37. The van der Waals surface area contributed by atoms with Crippen molar-refractivity contribution >= 4 is 40.4 Å². The van der Waals surface area contributed by atoms with E-state index in [0.29, 0.717) is 41.4 Å². The summed E-state index contributed by atoms with van der Waals surface area (Å²) in [6.07, 6.45) is 0. The first kappa shape index (κ1) is 17.3. The molecule has 5 rings (SSSR count). The zero-order valence-corrected chi connectivity index (χ0v) is 15.7. The lowest BCUT2D eigenvalue weighted by Crippen LogP contribution is -2.48. The Morgan fingerprint density at radius 3 is 2.03 bits per heavy atom. The number of carbonyl (C=O) groups excluding carboxylic acids is 3. The van der Waals surface area contributed by atoms with E-state index in [-0.39, 0.29) is 12.5 Å². The van der Waals surface area contributed by atoms with Crippen molar-refractivity contribution in [1.29, 1.82) is 0 Å². The summed E-state index contributed by atoms with van der Waals surface area (Å²) in [6.45, 7) is 0.649. The number of aromatic nitrogens is 2. The largest absolute Gasteiger partial charge is 0.355 e. The molecular formula is C21H17N5O3. The lowest BCUT2D eigenvalue weighted by atomic mass is 10.1. The molecule has 29 heavy (non-hydrogen) atoms. The van der Waals surface area contributed by atoms with E-state index in [2.05, 4.69) is 9.97 Å². The van der Waals surface area contributed by atoms with E-state index in [1.165, 1.54) is 4.90 Å². The first-order valence-electron chi connectivity index (χ1n) is 9.28. The van der Waals surface area contributed by atoms with Gasteiger partial charge in [-0.3, -0.25) is 24.2 Å². The van der Waals surface area contributed by atoms with Gasteiger partial charge < -0.3 is 4.90 Å². The van der Waals surface area contributed by atoms with Crippen LogP contribution in [-0.2, 0) is 4.79 Å². The van der Waals surface area contributed by atoms with Gasteiger partial charge >= 0.3 is 0 Å². The quantitative estimate of drug-likeness (QED) is 0.622. The molecule has 1 aromatic heterocycles. The molecule has 0 spiro atoms. The molecule has 0 bridgehead atoms. The predicted molar refractivity (Wildman–Crippen MR) is 107 cm³/mol. The highest BCUT2D eigenvalue weighted by Crippen LogP contribution is 2.31. The number of carbonyl (C=O) groups is 3. The molecule has 8 heteroatoms. The number of rotatable bonds is 2. The van der Waals surface area contributed by atoms with Gasteiger partial charge in [-0.2, -0.15) is 0 Å². The molecule has 2 aliphatic rings. The van der Waals surface area contributed by atoms with Gasteiger partial charge in [0.05, 0.1) is 22.2 Å². The highest BCUT2D eigenvalue weighted by Gasteiger charge is 2.38. The zero-order valence-electron chi connectivity index (χ0n) is 15.7. The number of nitrogens with zero attached hydrogens (tertiary/aromatic N) is 5. The fourth-order valence-electron chi connectivity index (χ4n) is 3.73. The lowest BCUT2D eigenvalue weighted by Gasteiger charge is -2.34. The summed E-state index contributed by atoms with van der Waals surface area (Å²) in [6, 6.07) is 14.1. The Kier molecular flexibility index (Phi) is 3.80. The monoisotopic (exact) mass is 387 g/mol. The van der Waals surface area contributed by atoms with E-state index in [1.54, 1.807) is 24.3 Å². The van der Waals surface area contributed by atoms with Gasteiger partial charge in [-0.1, -0.05) is 24.3 Å². The standard InChI is InChI=1S/C21H17N5O3/c1-24-10-11-25(19-18(24)22-15-8-4-5-9-16(15)23-19)17(27)12-26-20(28)13-6-2-3-7-14(13)21(26)29/h2-9H,10-12H2,1H3. The van der Waals surface area contributed by atoms with Gasteiger partial charge in [0.25, 0.3) is 11.8 Å².